The Balaban J connectivity index is 2.62. The number of likely N-dealkylation sites (tertiary alicyclic amines) is 1. The van der Waals surface area contributed by atoms with E-state index in [2.05, 4.69) is 13.8 Å². The molecular weight excluding hydrogens is 178 g/mol. The Morgan fingerprint density at radius 1 is 1.36 bits per heavy atom. The number of carbonyl (C=O) groups excluding carboxylic acids is 1. The average Bonchev–Trinajstić information content (AvgIpc) is 2.25. The topological polar surface area (TPSA) is 29.5 Å². The second-order valence-corrected chi connectivity index (χ2v) is 5.55. The molecule has 0 radical (unpaired) electrons. The van der Waals surface area contributed by atoms with E-state index in [-0.39, 0.29) is 11.6 Å². The number of hydrogen-bond donors (Lipinski definition) is 0. The smallest absolute Gasteiger partial charge is 0.410 e. The number of hydrogen-bond acceptors (Lipinski definition) is 2. The molecule has 0 spiro atoms. The van der Waals surface area contributed by atoms with Crippen LogP contribution in [-0.4, -0.2) is 28.7 Å². The van der Waals surface area contributed by atoms with Crippen LogP contribution in [0.15, 0.2) is 0 Å². The lowest BCUT2D eigenvalue weighted by Gasteiger charge is -2.33. The Hall–Kier alpha value is -0.730. The minimum absolute atomic E-state index is 0.0394. The predicted octanol–water partition coefficient (Wildman–Crippen LogP) is 2.80. The second kappa shape index (κ2) is 3.44. The third-order valence-electron chi connectivity index (χ3n) is 2.51. The Labute approximate surface area is 86.4 Å². The van der Waals surface area contributed by atoms with Crippen LogP contribution >= 0.6 is 0 Å². The van der Waals surface area contributed by atoms with Crippen molar-refractivity contribution >= 4 is 6.09 Å². The highest BCUT2D eigenvalue weighted by Gasteiger charge is 2.37. The highest BCUT2D eigenvalue weighted by atomic mass is 16.6. The molecule has 14 heavy (non-hydrogen) atoms. The molecule has 0 aromatic carbocycles. The Kier molecular flexibility index (Phi) is 2.79. The maximum absolute atomic E-state index is 11.8. The van der Waals surface area contributed by atoms with E-state index >= 15 is 0 Å². The quantitative estimate of drug-likeness (QED) is 0.600. The first-order valence-electron chi connectivity index (χ1n) is 5.23. The molecule has 0 aliphatic carbocycles. The van der Waals surface area contributed by atoms with Crippen LogP contribution in [0.25, 0.3) is 0 Å². The van der Waals surface area contributed by atoms with E-state index in [0.717, 1.165) is 19.4 Å². The van der Waals surface area contributed by atoms with Crippen LogP contribution in [0, 0.1) is 0 Å². The van der Waals surface area contributed by atoms with Crippen molar-refractivity contribution in [3.8, 4) is 0 Å². The first-order chi connectivity index (χ1) is 6.22. The first kappa shape index (κ1) is 11.3. The summed E-state index contributed by atoms with van der Waals surface area (Å²) < 4.78 is 5.34. The lowest BCUT2D eigenvalue weighted by atomic mass is 10.0. The van der Waals surface area contributed by atoms with Crippen LogP contribution in [0.5, 0.6) is 0 Å². The molecule has 3 heteroatoms. The summed E-state index contributed by atoms with van der Waals surface area (Å²) in [5.74, 6) is 0. The van der Waals surface area contributed by atoms with Crippen molar-refractivity contribution in [2.75, 3.05) is 6.54 Å². The molecule has 0 N–H and O–H groups in total. The van der Waals surface area contributed by atoms with Crippen molar-refractivity contribution in [3.63, 3.8) is 0 Å². The van der Waals surface area contributed by atoms with Crippen LogP contribution in [0.4, 0.5) is 4.79 Å². The van der Waals surface area contributed by atoms with E-state index < -0.39 is 5.60 Å². The molecule has 1 aliphatic rings. The third kappa shape index (κ3) is 2.63. The van der Waals surface area contributed by atoms with E-state index in [1.165, 1.54) is 0 Å². The summed E-state index contributed by atoms with van der Waals surface area (Å²) >= 11 is 0. The molecule has 0 saturated carbocycles. The standard InChI is InChI=1S/C11H21NO2/c1-10(2,3)14-9(13)12-8-6-7-11(12,4)5/h6-8H2,1-5H3. The van der Waals surface area contributed by atoms with Crippen LogP contribution in [0.1, 0.15) is 47.5 Å². The molecule has 0 bridgehead atoms. The molecule has 82 valence electrons. The van der Waals surface area contributed by atoms with Crippen LogP contribution in [0.2, 0.25) is 0 Å². The van der Waals surface area contributed by atoms with Crippen molar-refractivity contribution in [3.05, 3.63) is 0 Å². The van der Waals surface area contributed by atoms with E-state index in [0.29, 0.717) is 0 Å². The van der Waals surface area contributed by atoms with Gasteiger partial charge in [0, 0.05) is 12.1 Å². The van der Waals surface area contributed by atoms with Crippen molar-refractivity contribution in [2.24, 2.45) is 0 Å². The molecule has 0 unspecified atom stereocenters. The fourth-order valence-corrected chi connectivity index (χ4v) is 1.76. The molecule has 3 nitrogen and oxygen atoms in total. The molecule has 1 heterocycles. The molecular formula is C11H21NO2. The van der Waals surface area contributed by atoms with Gasteiger partial charge < -0.3 is 9.64 Å². The number of rotatable bonds is 0. The van der Waals surface area contributed by atoms with E-state index in [1.54, 1.807) is 0 Å². The number of carbonyl (C=O) groups is 1. The highest BCUT2D eigenvalue weighted by molar-refractivity contribution is 5.69. The molecule has 1 fully saturated rings. The fourth-order valence-electron chi connectivity index (χ4n) is 1.76. The van der Waals surface area contributed by atoms with Gasteiger partial charge in [-0.2, -0.15) is 0 Å². The Morgan fingerprint density at radius 2 is 1.93 bits per heavy atom. The van der Waals surface area contributed by atoms with E-state index in [1.807, 2.05) is 25.7 Å². The SMILES string of the molecule is CC(C)(C)OC(=O)N1CCCC1(C)C. The van der Waals surface area contributed by atoms with Crippen LogP contribution in [0.3, 0.4) is 0 Å². The van der Waals surface area contributed by atoms with Crippen molar-refractivity contribution in [1.82, 2.24) is 4.90 Å². The van der Waals surface area contributed by atoms with Gasteiger partial charge >= 0.3 is 6.09 Å². The van der Waals surface area contributed by atoms with Gasteiger partial charge in [-0.25, -0.2) is 4.79 Å². The predicted molar refractivity (Wildman–Crippen MR) is 56.3 cm³/mol. The summed E-state index contributed by atoms with van der Waals surface area (Å²) in [6.45, 7) is 10.7. The van der Waals surface area contributed by atoms with Gasteiger partial charge in [-0.3, -0.25) is 0 Å². The molecule has 1 rings (SSSR count). The summed E-state index contributed by atoms with van der Waals surface area (Å²) in [5, 5.41) is 0. The van der Waals surface area contributed by atoms with E-state index in [4.69, 9.17) is 4.74 Å². The zero-order valence-corrected chi connectivity index (χ0v) is 9.89. The molecule has 0 aromatic heterocycles. The van der Waals surface area contributed by atoms with Gasteiger partial charge in [-0.1, -0.05) is 0 Å². The summed E-state index contributed by atoms with van der Waals surface area (Å²) in [7, 11) is 0. The zero-order chi connectivity index (χ0) is 11.0. The summed E-state index contributed by atoms with van der Waals surface area (Å²) in [5.41, 5.74) is -0.432. The average molecular weight is 199 g/mol. The van der Waals surface area contributed by atoms with Gasteiger partial charge in [-0.05, 0) is 47.5 Å². The first-order valence-corrected chi connectivity index (χ1v) is 5.23. The third-order valence-corrected chi connectivity index (χ3v) is 2.51. The number of nitrogens with zero attached hydrogens (tertiary/aromatic N) is 1. The number of amides is 1. The van der Waals surface area contributed by atoms with Crippen molar-refractivity contribution in [2.45, 2.75) is 58.6 Å². The minimum Gasteiger partial charge on any atom is -0.444 e. The number of ether oxygens (including phenoxy) is 1. The highest BCUT2D eigenvalue weighted by Crippen LogP contribution is 2.29. The van der Waals surface area contributed by atoms with E-state index in [9.17, 15) is 4.79 Å². The normalized spacial score (nSPS) is 21.1. The van der Waals surface area contributed by atoms with Crippen molar-refractivity contribution in [1.29, 1.82) is 0 Å². The van der Waals surface area contributed by atoms with Gasteiger partial charge in [0.25, 0.3) is 0 Å². The van der Waals surface area contributed by atoms with Gasteiger partial charge in [-0.15, -0.1) is 0 Å². The maximum atomic E-state index is 11.8. The molecule has 0 atom stereocenters. The molecule has 1 amide bonds. The maximum Gasteiger partial charge on any atom is 0.410 e. The Bertz CT molecular complexity index is 228. The largest absolute Gasteiger partial charge is 0.444 e. The second-order valence-electron chi connectivity index (χ2n) is 5.55. The lowest BCUT2D eigenvalue weighted by molar-refractivity contribution is 0.0134. The molecule has 1 saturated heterocycles. The van der Waals surface area contributed by atoms with Gasteiger partial charge in [0.2, 0.25) is 0 Å². The lowest BCUT2D eigenvalue weighted by Crippen LogP contribution is -2.45. The minimum atomic E-state index is -0.393. The van der Waals surface area contributed by atoms with Gasteiger partial charge in [0.15, 0.2) is 0 Å². The van der Waals surface area contributed by atoms with Gasteiger partial charge in [0.05, 0.1) is 0 Å². The Morgan fingerprint density at radius 3 is 2.29 bits per heavy atom. The summed E-state index contributed by atoms with van der Waals surface area (Å²) in [6.07, 6.45) is 1.96. The van der Waals surface area contributed by atoms with Crippen LogP contribution in [-0.2, 0) is 4.74 Å². The monoisotopic (exact) mass is 199 g/mol. The molecule has 1 aliphatic heterocycles. The zero-order valence-electron chi connectivity index (χ0n) is 9.89. The fraction of sp³-hybridized carbons (Fsp3) is 0.909. The van der Waals surface area contributed by atoms with Crippen LogP contribution < -0.4 is 0 Å². The summed E-state index contributed by atoms with van der Waals surface area (Å²) in [6, 6.07) is 0. The van der Waals surface area contributed by atoms with Gasteiger partial charge in [0.1, 0.15) is 5.60 Å². The van der Waals surface area contributed by atoms with Crippen molar-refractivity contribution < 1.29 is 9.53 Å². The molecule has 0 aromatic rings. The summed E-state index contributed by atoms with van der Waals surface area (Å²) in [4.78, 5) is 13.6.